The Kier molecular flexibility index (Phi) is 6.35. The number of hydrogen-bond acceptors (Lipinski definition) is 3. The zero-order chi connectivity index (χ0) is 19.2. The minimum atomic E-state index is -0.164. The summed E-state index contributed by atoms with van der Waals surface area (Å²) in [6, 6.07) is 14.9. The van der Waals surface area contributed by atoms with Crippen LogP contribution in [-0.4, -0.2) is 36.9 Å². The molecule has 27 heavy (non-hydrogen) atoms. The fourth-order valence-corrected chi connectivity index (χ4v) is 3.22. The predicted molar refractivity (Wildman–Crippen MR) is 106 cm³/mol. The summed E-state index contributed by atoms with van der Waals surface area (Å²) in [5.74, 6) is 0.567. The summed E-state index contributed by atoms with van der Waals surface area (Å²) in [6.45, 7) is 0.891. The van der Waals surface area contributed by atoms with Gasteiger partial charge in [0.05, 0.1) is 6.54 Å². The zero-order valence-corrected chi connectivity index (χ0v) is 16.0. The number of carbonyl (C=O) groups is 2. The van der Waals surface area contributed by atoms with E-state index < -0.39 is 0 Å². The highest BCUT2D eigenvalue weighted by Crippen LogP contribution is 2.27. The molecule has 1 atom stereocenters. The number of likely N-dealkylation sites (N-methyl/N-ethyl adjacent to an activating group) is 1. The molecule has 1 aliphatic heterocycles. The molecule has 2 aromatic carbocycles. The Morgan fingerprint density at radius 2 is 1.96 bits per heavy atom. The van der Waals surface area contributed by atoms with Crippen LogP contribution in [0.5, 0.6) is 5.75 Å². The number of hydrogen-bond donors (Lipinski definition) is 1. The lowest BCUT2D eigenvalue weighted by Gasteiger charge is -2.25. The Morgan fingerprint density at radius 1 is 1.22 bits per heavy atom. The van der Waals surface area contributed by atoms with Gasteiger partial charge in [0.25, 0.3) is 0 Å². The highest BCUT2D eigenvalue weighted by molar-refractivity contribution is 6.30. The van der Waals surface area contributed by atoms with Crippen LogP contribution < -0.4 is 10.1 Å². The second kappa shape index (κ2) is 8.91. The molecule has 0 unspecified atom stereocenters. The summed E-state index contributed by atoms with van der Waals surface area (Å²) in [4.78, 5) is 26.2. The number of nitrogens with one attached hydrogen (secondary N) is 1. The first-order valence-electron chi connectivity index (χ1n) is 9.04. The molecule has 0 aromatic heterocycles. The van der Waals surface area contributed by atoms with E-state index >= 15 is 0 Å². The van der Waals surface area contributed by atoms with Crippen molar-refractivity contribution in [1.82, 2.24) is 4.90 Å². The van der Waals surface area contributed by atoms with Gasteiger partial charge in [0.2, 0.25) is 11.8 Å². The number of amides is 2. The number of fused-ring (bicyclic) bond motifs is 1. The van der Waals surface area contributed by atoms with Gasteiger partial charge in [-0.2, -0.15) is 0 Å². The van der Waals surface area contributed by atoms with E-state index in [4.69, 9.17) is 16.3 Å². The Balaban J connectivity index is 1.42. The van der Waals surface area contributed by atoms with Gasteiger partial charge in [-0.05, 0) is 48.7 Å². The molecule has 0 radical (unpaired) electrons. The van der Waals surface area contributed by atoms with Gasteiger partial charge in [0, 0.05) is 30.1 Å². The minimum absolute atomic E-state index is 0.00442. The number of carbonyl (C=O) groups excluding carboxylic acids is 2. The van der Waals surface area contributed by atoms with Crippen molar-refractivity contribution in [3.05, 3.63) is 59.1 Å². The largest absolute Gasteiger partial charge is 0.492 e. The SMILES string of the molecule is CN(CCOc1ccc(Cl)cc1)C(=O)CC[C@@H]1Cc2ccccc2NC1=O. The van der Waals surface area contributed by atoms with Crippen molar-refractivity contribution in [1.29, 1.82) is 0 Å². The van der Waals surface area contributed by atoms with E-state index in [1.807, 2.05) is 24.3 Å². The van der Waals surface area contributed by atoms with E-state index in [2.05, 4.69) is 5.32 Å². The van der Waals surface area contributed by atoms with E-state index in [0.717, 1.165) is 17.0 Å². The third-order valence-electron chi connectivity index (χ3n) is 4.75. The molecule has 0 saturated carbocycles. The summed E-state index contributed by atoms with van der Waals surface area (Å²) in [7, 11) is 1.75. The maximum atomic E-state index is 12.3. The summed E-state index contributed by atoms with van der Waals surface area (Å²) in [5, 5.41) is 3.58. The van der Waals surface area contributed by atoms with Crippen LogP contribution in [-0.2, 0) is 16.0 Å². The van der Waals surface area contributed by atoms with Crippen molar-refractivity contribution >= 4 is 29.1 Å². The third-order valence-corrected chi connectivity index (χ3v) is 5.01. The molecule has 0 fully saturated rings. The van der Waals surface area contributed by atoms with Gasteiger partial charge in [-0.25, -0.2) is 0 Å². The van der Waals surface area contributed by atoms with Crippen molar-refractivity contribution in [3.63, 3.8) is 0 Å². The molecule has 2 amide bonds. The topological polar surface area (TPSA) is 58.6 Å². The summed E-state index contributed by atoms with van der Waals surface area (Å²) >= 11 is 5.84. The van der Waals surface area contributed by atoms with E-state index in [0.29, 0.717) is 37.4 Å². The van der Waals surface area contributed by atoms with Gasteiger partial charge in [0.1, 0.15) is 12.4 Å². The standard InChI is InChI=1S/C21H23ClN2O3/c1-24(12-13-27-18-9-7-17(22)8-10-18)20(25)11-6-16-14-15-4-2-3-5-19(15)23-21(16)26/h2-5,7-10,16H,6,11-14H2,1H3,(H,23,26)/t16-/m1/s1. The number of benzene rings is 2. The maximum absolute atomic E-state index is 12.3. The molecule has 0 saturated heterocycles. The Labute approximate surface area is 164 Å². The smallest absolute Gasteiger partial charge is 0.227 e. The summed E-state index contributed by atoms with van der Waals surface area (Å²) in [5.41, 5.74) is 2.00. The molecule has 3 rings (SSSR count). The molecule has 142 valence electrons. The number of nitrogens with zero attached hydrogens (tertiary/aromatic N) is 1. The number of anilines is 1. The number of para-hydroxylation sites is 1. The van der Waals surface area contributed by atoms with Gasteiger partial charge in [-0.1, -0.05) is 29.8 Å². The van der Waals surface area contributed by atoms with Gasteiger partial charge in [-0.3, -0.25) is 9.59 Å². The number of ether oxygens (including phenoxy) is 1. The first kappa shape index (κ1) is 19.2. The Bertz CT molecular complexity index is 807. The zero-order valence-electron chi connectivity index (χ0n) is 15.3. The fraction of sp³-hybridized carbons (Fsp3) is 0.333. The van der Waals surface area contributed by atoms with Crippen molar-refractivity contribution in [2.45, 2.75) is 19.3 Å². The van der Waals surface area contributed by atoms with Crippen molar-refractivity contribution in [3.8, 4) is 5.75 Å². The van der Waals surface area contributed by atoms with E-state index in [1.54, 1.807) is 36.2 Å². The first-order valence-corrected chi connectivity index (χ1v) is 9.42. The van der Waals surface area contributed by atoms with Crippen LogP contribution in [0.15, 0.2) is 48.5 Å². The van der Waals surface area contributed by atoms with Crippen molar-refractivity contribution in [2.24, 2.45) is 5.92 Å². The molecule has 1 N–H and O–H groups in total. The monoisotopic (exact) mass is 386 g/mol. The molecule has 0 aliphatic carbocycles. The average molecular weight is 387 g/mol. The molecular formula is C21H23ClN2O3. The molecule has 5 nitrogen and oxygen atoms in total. The van der Waals surface area contributed by atoms with Crippen LogP contribution in [0.3, 0.4) is 0 Å². The quantitative estimate of drug-likeness (QED) is 0.788. The summed E-state index contributed by atoms with van der Waals surface area (Å²) in [6.07, 6.45) is 1.57. The van der Waals surface area contributed by atoms with Crippen LogP contribution in [0.1, 0.15) is 18.4 Å². The highest BCUT2D eigenvalue weighted by Gasteiger charge is 2.26. The van der Waals surface area contributed by atoms with Crippen LogP contribution in [0, 0.1) is 5.92 Å². The lowest BCUT2D eigenvalue weighted by molar-refractivity contribution is -0.130. The normalized spacial score (nSPS) is 15.6. The van der Waals surface area contributed by atoms with E-state index in [-0.39, 0.29) is 17.7 Å². The molecule has 1 heterocycles. The Morgan fingerprint density at radius 3 is 2.74 bits per heavy atom. The lowest BCUT2D eigenvalue weighted by atomic mass is 9.89. The van der Waals surface area contributed by atoms with Crippen LogP contribution in [0.25, 0.3) is 0 Å². The highest BCUT2D eigenvalue weighted by atomic mass is 35.5. The molecule has 2 aromatic rings. The molecule has 6 heteroatoms. The molecule has 0 bridgehead atoms. The van der Waals surface area contributed by atoms with E-state index in [1.165, 1.54) is 0 Å². The second-order valence-corrected chi connectivity index (χ2v) is 7.14. The van der Waals surface area contributed by atoms with Crippen molar-refractivity contribution in [2.75, 3.05) is 25.5 Å². The maximum Gasteiger partial charge on any atom is 0.227 e. The lowest BCUT2D eigenvalue weighted by Crippen LogP contribution is -2.33. The van der Waals surface area contributed by atoms with E-state index in [9.17, 15) is 9.59 Å². The molecular weight excluding hydrogens is 364 g/mol. The van der Waals surface area contributed by atoms with Crippen LogP contribution >= 0.6 is 11.6 Å². The second-order valence-electron chi connectivity index (χ2n) is 6.70. The van der Waals surface area contributed by atoms with Crippen molar-refractivity contribution < 1.29 is 14.3 Å². The Hall–Kier alpha value is -2.53. The fourth-order valence-electron chi connectivity index (χ4n) is 3.09. The van der Waals surface area contributed by atoms with Gasteiger partial charge in [0.15, 0.2) is 0 Å². The molecule has 0 spiro atoms. The first-order chi connectivity index (χ1) is 13.0. The number of rotatable bonds is 7. The van der Waals surface area contributed by atoms with Crippen LogP contribution in [0.4, 0.5) is 5.69 Å². The minimum Gasteiger partial charge on any atom is -0.492 e. The van der Waals surface area contributed by atoms with Gasteiger partial charge in [-0.15, -0.1) is 0 Å². The molecule has 1 aliphatic rings. The van der Waals surface area contributed by atoms with Gasteiger partial charge < -0.3 is 15.0 Å². The summed E-state index contributed by atoms with van der Waals surface area (Å²) < 4.78 is 5.62. The van der Waals surface area contributed by atoms with Gasteiger partial charge >= 0.3 is 0 Å². The average Bonchev–Trinajstić information content (AvgIpc) is 2.67. The number of halogens is 1. The third kappa shape index (κ3) is 5.23. The predicted octanol–water partition coefficient (Wildman–Crippen LogP) is 3.77. The van der Waals surface area contributed by atoms with Crippen LogP contribution in [0.2, 0.25) is 5.02 Å².